The Bertz CT molecular complexity index is 296. The molecule has 0 aliphatic heterocycles. The molecule has 1 rings (SSSR count). The van der Waals surface area contributed by atoms with Crippen molar-refractivity contribution in [2.24, 2.45) is 0 Å². The van der Waals surface area contributed by atoms with Crippen LogP contribution in [0.25, 0.3) is 0 Å². The average molecular weight is 241 g/mol. The smallest absolute Gasteiger partial charge is 0.127 e. The first-order valence-electron chi connectivity index (χ1n) is 5.43. The lowest BCUT2D eigenvalue weighted by Gasteiger charge is -2.07. The van der Waals surface area contributed by atoms with Crippen LogP contribution in [0.3, 0.4) is 0 Å². The van der Waals surface area contributed by atoms with Crippen molar-refractivity contribution in [2.75, 3.05) is 42.3 Å². The standard InChI is InChI=1S/C11H19N3OS/c1-12-11-9-10(3-4-14-11)13-5-8-16-7-2-6-15/h3-4,9,15H,2,5-8H2,1H3,(H2,12,13,14). The fourth-order valence-electron chi connectivity index (χ4n) is 1.21. The lowest BCUT2D eigenvalue weighted by atomic mass is 10.4. The van der Waals surface area contributed by atoms with Crippen molar-refractivity contribution in [3.8, 4) is 0 Å². The van der Waals surface area contributed by atoms with Gasteiger partial charge in [-0.25, -0.2) is 4.98 Å². The van der Waals surface area contributed by atoms with Gasteiger partial charge in [-0.05, 0) is 18.2 Å². The molecule has 0 spiro atoms. The molecule has 4 nitrogen and oxygen atoms in total. The van der Waals surface area contributed by atoms with Gasteiger partial charge in [-0.3, -0.25) is 0 Å². The molecule has 1 aromatic heterocycles. The number of nitrogens with zero attached hydrogens (tertiary/aromatic N) is 1. The van der Waals surface area contributed by atoms with Gasteiger partial charge in [0.1, 0.15) is 5.82 Å². The molecule has 0 aliphatic carbocycles. The van der Waals surface area contributed by atoms with Crippen LogP contribution in [-0.4, -0.2) is 41.8 Å². The van der Waals surface area contributed by atoms with Crippen molar-refractivity contribution < 1.29 is 5.11 Å². The summed E-state index contributed by atoms with van der Waals surface area (Å²) < 4.78 is 0. The van der Waals surface area contributed by atoms with E-state index in [0.717, 1.165) is 36.0 Å². The molecule has 0 aromatic carbocycles. The van der Waals surface area contributed by atoms with E-state index in [1.165, 1.54) is 0 Å². The zero-order chi connectivity index (χ0) is 11.6. The van der Waals surface area contributed by atoms with Gasteiger partial charge in [-0.2, -0.15) is 11.8 Å². The number of pyridine rings is 1. The third-order valence-corrected chi connectivity index (χ3v) is 3.11. The van der Waals surface area contributed by atoms with Crippen LogP contribution in [0.5, 0.6) is 0 Å². The lowest BCUT2D eigenvalue weighted by Crippen LogP contribution is -2.05. The van der Waals surface area contributed by atoms with Crippen LogP contribution >= 0.6 is 11.8 Å². The lowest BCUT2D eigenvalue weighted by molar-refractivity contribution is 0.296. The summed E-state index contributed by atoms with van der Waals surface area (Å²) >= 11 is 1.85. The first-order chi connectivity index (χ1) is 7.86. The van der Waals surface area contributed by atoms with Gasteiger partial charge in [0.25, 0.3) is 0 Å². The summed E-state index contributed by atoms with van der Waals surface area (Å²) in [7, 11) is 1.86. The molecule has 0 fully saturated rings. The fraction of sp³-hybridized carbons (Fsp3) is 0.545. The molecule has 0 saturated carbocycles. The molecule has 0 radical (unpaired) electrons. The molecule has 3 N–H and O–H groups in total. The predicted octanol–water partition coefficient (Wildman–Crippen LogP) is 1.65. The highest BCUT2D eigenvalue weighted by atomic mass is 32.2. The van der Waals surface area contributed by atoms with Crippen molar-refractivity contribution in [3.05, 3.63) is 18.3 Å². The number of aromatic nitrogens is 1. The zero-order valence-corrected chi connectivity index (χ0v) is 10.4. The summed E-state index contributed by atoms with van der Waals surface area (Å²) in [6.07, 6.45) is 2.66. The van der Waals surface area contributed by atoms with E-state index in [4.69, 9.17) is 5.11 Å². The molecule has 0 saturated heterocycles. The topological polar surface area (TPSA) is 57.2 Å². The highest BCUT2D eigenvalue weighted by Gasteiger charge is 1.94. The molecule has 1 heterocycles. The fourth-order valence-corrected chi connectivity index (χ4v) is 2.00. The van der Waals surface area contributed by atoms with Crippen molar-refractivity contribution >= 4 is 23.3 Å². The average Bonchev–Trinajstić information content (AvgIpc) is 2.34. The van der Waals surface area contributed by atoms with Gasteiger partial charge in [0.05, 0.1) is 0 Å². The molecule has 0 unspecified atom stereocenters. The van der Waals surface area contributed by atoms with Crippen LogP contribution in [-0.2, 0) is 0 Å². The maximum absolute atomic E-state index is 8.62. The molecule has 90 valence electrons. The Labute approximate surface area is 101 Å². The third-order valence-electron chi connectivity index (χ3n) is 2.04. The minimum Gasteiger partial charge on any atom is -0.396 e. The van der Waals surface area contributed by atoms with Gasteiger partial charge in [0, 0.05) is 43.9 Å². The molecule has 16 heavy (non-hydrogen) atoms. The van der Waals surface area contributed by atoms with Crippen LogP contribution in [0, 0.1) is 0 Å². The van der Waals surface area contributed by atoms with E-state index < -0.39 is 0 Å². The van der Waals surface area contributed by atoms with E-state index in [9.17, 15) is 0 Å². The second-order valence-corrected chi connectivity index (χ2v) is 4.52. The molecular formula is C11H19N3OS. The highest BCUT2D eigenvalue weighted by molar-refractivity contribution is 7.99. The van der Waals surface area contributed by atoms with Gasteiger partial charge >= 0.3 is 0 Å². The minimum atomic E-state index is 0.288. The first kappa shape index (κ1) is 13.1. The number of hydrogen-bond donors (Lipinski definition) is 3. The van der Waals surface area contributed by atoms with Crippen molar-refractivity contribution in [3.63, 3.8) is 0 Å². The molecule has 5 heteroatoms. The molecule has 0 bridgehead atoms. The van der Waals surface area contributed by atoms with Crippen LogP contribution in [0.15, 0.2) is 18.3 Å². The summed E-state index contributed by atoms with van der Waals surface area (Å²) in [6, 6.07) is 3.94. The number of aliphatic hydroxyl groups excluding tert-OH is 1. The second kappa shape index (κ2) is 8.24. The van der Waals surface area contributed by atoms with Crippen LogP contribution in [0.2, 0.25) is 0 Å². The molecule has 1 aromatic rings. The van der Waals surface area contributed by atoms with E-state index in [1.807, 2.05) is 30.9 Å². The van der Waals surface area contributed by atoms with Gasteiger partial charge in [0.2, 0.25) is 0 Å². The van der Waals surface area contributed by atoms with E-state index in [2.05, 4.69) is 15.6 Å². The Morgan fingerprint density at radius 2 is 2.31 bits per heavy atom. The quantitative estimate of drug-likeness (QED) is 0.604. The predicted molar refractivity (Wildman–Crippen MR) is 71.3 cm³/mol. The molecule has 0 aliphatic rings. The molecular weight excluding hydrogens is 222 g/mol. The molecule has 0 amide bonds. The van der Waals surface area contributed by atoms with E-state index in [1.54, 1.807) is 6.20 Å². The Morgan fingerprint density at radius 1 is 1.44 bits per heavy atom. The van der Waals surface area contributed by atoms with Gasteiger partial charge in [0.15, 0.2) is 0 Å². The number of hydrogen-bond acceptors (Lipinski definition) is 5. The van der Waals surface area contributed by atoms with Crippen molar-refractivity contribution in [1.29, 1.82) is 0 Å². The summed E-state index contributed by atoms with van der Waals surface area (Å²) in [5, 5.41) is 15.0. The number of aliphatic hydroxyl groups is 1. The zero-order valence-electron chi connectivity index (χ0n) is 9.57. The van der Waals surface area contributed by atoms with Crippen LogP contribution in [0.1, 0.15) is 6.42 Å². The molecule has 0 atom stereocenters. The monoisotopic (exact) mass is 241 g/mol. The normalized spacial score (nSPS) is 10.1. The SMILES string of the molecule is CNc1cc(NCCSCCCO)ccn1. The van der Waals surface area contributed by atoms with Gasteiger partial charge < -0.3 is 15.7 Å². The van der Waals surface area contributed by atoms with E-state index >= 15 is 0 Å². The van der Waals surface area contributed by atoms with Gasteiger partial charge in [-0.15, -0.1) is 0 Å². The van der Waals surface area contributed by atoms with Crippen molar-refractivity contribution in [1.82, 2.24) is 4.98 Å². The van der Waals surface area contributed by atoms with E-state index in [-0.39, 0.29) is 6.61 Å². The van der Waals surface area contributed by atoms with Gasteiger partial charge in [-0.1, -0.05) is 0 Å². The summed E-state index contributed by atoms with van der Waals surface area (Å²) in [5.41, 5.74) is 1.09. The third kappa shape index (κ3) is 5.23. The largest absolute Gasteiger partial charge is 0.396 e. The summed E-state index contributed by atoms with van der Waals surface area (Å²) in [5.74, 6) is 2.95. The summed E-state index contributed by atoms with van der Waals surface area (Å²) in [6.45, 7) is 1.22. The first-order valence-corrected chi connectivity index (χ1v) is 6.58. The van der Waals surface area contributed by atoms with Crippen LogP contribution < -0.4 is 10.6 Å². The number of thioether (sulfide) groups is 1. The van der Waals surface area contributed by atoms with Crippen LogP contribution in [0.4, 0.5) is 11.5 Å². The maximum Gasteiger partial charge on any atom is 0.127 e. The second-order valence-electron chi connectivity index (χ2n) is 3.30. The number of nitrogens with one attached hydrogen (secondary N) is 2. The van der Waals surface area contributed by atoms with Crippen molar-refractivity contribution in [2.45, 2.75) is 6.42 Å². The Hall–Kier alpha value is -0.940. The Kier molecular flexibility index (Phi) is 6.76. The number of rotatable bonds is 8. The van der Waals surface area contributed by atoms with E-state index in [0.29, 0.717) is 0 Å². The summed E-state index contributed by atoms with van der Waals surface area (Å²) in [4.78, 5) is 4.14. The maximum atomic E-state index is 8.62. The highest BCUT2D eigenvalue weighted by Crippen LogP contribution is 2.11. The number of anilines is 2. The minimum absolute atomic E-state index is 0.288. The Morgan fingerprint density at radius 3 is 3.06 bits per heavy atom. The Balaban J connectivity index is 2.16.